The van der Waals surface area contributed by atoms with Gasteiger partial charge in [-0.3, -0.25) is 34.2 Å². The molecule has 0 aromatic heterocycles. The van der Waals surface area contributed by atoms with Crippen LogP contribution in [0.25, 0.3) is 0 Å². The van der Waals surface area contributed by atoms with Gasteiger partial charge >= 0.3 is 0 Å². The fourth-order valence-electron chi connectivity index (χ4n) is 5.88. The van der Waals surface area contributed by atoms with E-state index in [2.05, 4.69) is 21.3 Å². The minimum atomic E-state index is -0.994. The summed E-state index contributed by atoms with van der Waals surface area (Å²) in [5, 5.41) is 25.0. The van der Waals surface area contributed by atoms with Crippen LogP contribution in [-0.2, 0) is 28.8 Å². The van der Waals surface area contributed by atoms with E-state index in [1.54, 1.807) is 25.7 Å². The molecule has 3 fully saturated rings. The normalized spacial score (nSPS) is 22.9. The zero-order valence-electron chi connectivity index (χ0n) is 25.0. The van der Waals surface area contributed by atoms with Gasteiger partial charge in [0.2, 0.25) is 17.6 Å². The highest BCUT2D eigenvalue weighted by molar-refractivity contribution is 6.59. The molecule has 6 N–H and O–H groups in total. The van der Waals surface area contributed by atoms with Crippen LogP contribution >= 0.6 is 0 Å². The SMILES string of the molecule is CCC[C@H](NCC(=O)C1[C@H]2CCC[C@H]2CN1C(=O)C(NC(=O)CNC(=O)C(=N)C=N)C(C)(C)C)C(=O)C(=O)NC1CC1. The van der Waals surface area contributed by atoms with E-state index in [1.165, 1.54) is 0 Å². The lowest BCUT2D eigenvalue weighted by atomic mass is 9.85. The second-order valence-electron chi connectivity index (χ2n) is 12.7. The molecule has 42 heavy (non-hydrogen) atoms. The van der Waals surface area contributed by atoms with Gasteiger partial charge in [0, 0.05) is 18.8 Å². The lowest BCUT2D eigenvalue weighted by Crippen LogP contribution is -2.59. The molecule has 0 radical (unpaired) electrons. The number of ketones is 2. The molecule has 0 bridgehead atoms. The van der Waals surface area contributed by atoms with E-state index in [4.69, 9.17) is 10.8 Å². The number of amides is 4. The van der Waals surface area contributed by atoms with Crippen LogP contribution in [-0.4, -0.2) is 95.8 Å². The predicted octanol–water partition coefficient (Wildman–Crippen LogP) is 0.105. The summed E-state index contributed by atoms with van der Waals surface area (Å²) in [6, 6.07) is -2.46. The number of fused-ring (bicyclic) bond motifs is 1. The topological polar surface area (TPSA) is 201 Å². The number of hydrogen-bond donors (Lipinski definition) is 6. The largest absolute Gasteiger partial charge is 0.347 e. The van der Waals surface area contributed by atoms with Crippen molar-refractivity contribution in [2.75, 3.05) is 19.6 Å². The van der Waals surface area contributed by atoms with Crippen LogP contribution in [0.1, 0.15) is 72.6 Å². The van der Waals surface area contributed by atoms with E-state index in [-0.39, 0.29) is 30.2 Å². The molecule has 4 amide bonds. The Morgan fingerprint density at radius 1 is 1.00 bits per heavy atom. The van der Waals surface area contributed by atoms with Crippen LogP contribution < -0.4 is 21.3 Å². The van der Waals surface area contributed by atoms with Crippen LogP contribution in [0.5, 0.6) is 0 Å². The van der Waals surface area contributed by atoms with Crippen LogP contribution in [0, 0.1) is 28.1 Å². The Hall–Kier alpha value is -3.48. The van der Waals surface area contributed by atoms with Crippen molar-refractivity contribution in [1.82, 2.24) is 26.2 Å². The van der Waals surface area contributed by atoms with Gasteiger partial charge in [-0.25, -0.2) is 0 Å². The summed E-state index contributed by atoms with van der Waals surface area (Å²) in [5.41, 5.74) is -1.33. The van der Waals surface area contributed by atoms with Crippen molar-refractivity contribution in [1.29, 1.82) is 10.8 Å². The molecule has 5 atom stereocenters. The summed E-state index contributed by atoms with van der Waals surface area (Å²) in [6.07, 6.45) is 5.96. The van der Waals surface area contributed by atoms with Crippen LogP contribution in [0.2, 0.25) is 0 Å². The Labute approximate surface area is 246 Å². The number of likely N-dealkylation sites (tertiary alicyclic amines) is 1. The van der Waals surface area contributed by atoms with Crippen molar-refractivity contribution < 1.29 is 28.8 Å². The number of nitrogens with one attached hydrogen (secondary N) is 6. The summed E-state index contributed by atoms with van der Waals surface area (Å²) < 4.78 is 0. The zero-order chi connectivity index (χ0) is 31.2. The monoisotopic (exact) mass is 587 g/mol. The van der Waals surface area contributed by atoms with E-state index in [0.717, 1.165) is 32.1 Å². The van der Waals surface area contributed by atoms with Gasteiger partial charge in [0.1, 0.15) is 11.8 Å². The molecular weight excluding hydrogens is 542 g/mol. The van der Waals surface area contributed by atoms with E-state index >= 15 is 0 Å². The summed E-state index contributed by atoms with van der Waals surface area (Å²) >= 11 is 0. The van der Waals surface area contributed by atoms with Gasteiger partial charge in [-0.15, -0.1) is 0 Å². The first-order chi connectivity index (χ1) is 19.8. The molecule has 0 aromatic carbocycles. The van der Waals surface area contributed by atoms with Gasteiger partial charge in [-0.1, -0.05) is 40.5 Å². The Kier molecular flexibility index (Phi) is 11.1. The van der Waals surface area contributed by atoms with Gasteiger partial charge < -0.3 is 31.6 Å². The first-order valence-corrected chi connectivity index (χ1v) is 14.9. The highest BCUT2D eigenvalue weighted by Crippen LogP contribution is 2.43. The van der Waals surface area contributed by atoms with E-state index in [0.29, 0.717) is 25.6 Å². The molecule has 3 rings (SSSR count). The molecule has 232 valence electrons. The molecule has 13 heteroatoms. The average molecular weight is 588 g/mol. The standard InChI is InChI=1S/C29H45N7O6/c1-5-7-20(24(39)27(41)34-17-10-11-17)32-13-21(37)23-18-9-6-8-16(18)15-36(23)28(42)25(29(2,3)4)35-22(38)14-33-26(40)19(31)12-30/h12,16-18,20,23,25,30-32H,5-11,13-15H2,1-4H3,(H,33,40)(H,34,41)(H,35,38)/t16-,18-,20-,23?,25?/m0/s1. The number of rotatable bonds is 15. The molecule has 1 saturated heterocycles. The van der Waals surface area contributed by atoms with Gasteiger partial charge in [-0.2, -0.15) is 0 Å². The Balaban J connectivity index is 1.71. The third kappa shape index (κ3) is 8.30. The first-order valence-electron chi connectivity index (χ1n) is 14.9. The predicted molar refractivity (Wildman–Crippen MR) is 155 cm³/mol. The fraction of sp³-hybridized carbons (Fsp3) is 0.724. The number of Topliss-reactive ketones (excluding diaryl/α,β-unsaturated/α-hetero) is 2. The fourth-order valence-corrected chi connectivity index (χ4v) is 5.88. The highest BCUT2D eigenvalue weighted by atomic mass is 16.2. The molecule has 0 spiro atoms. The van der Waals surface area contributed by atoms with Crippen molar-refractivity contribution in [2.45, 2.75) is 96.8 Å². The molecule has 2 aliphatic carbocycles. The second-order valence-corrected chi connectivity index (χ2v) is 12.7. The van der Waals surface area contributed by atoms with Gasteiger partial charge in [0.25, 0.3) is 11.8 Å². The Morgan fingerprint density at radius 2 is 1.69 bits per heavy atom. The molecule has 13 nitrogen and oxygen atoms in total. The lowest BCUT2D eigenvalue weighted by Gasteiger charge is -2.36. The van der Waals surface area contributed by atoms with Crippen molar-refractivity contribution in [3.05, 3.63) is 0 Å². The molecule has 1 aliphatic heterocycles. The van der Waals surface area contributed by atoms with Crippen LogP contribution in [0.3, 0.4) is 0 Å². The van der Waals surface area contributed by atoms with Crippen molar-refractivity contribution in [3.8, 4) is 0 Å². The third-order valence-electron chi connectivity index (χ3n) is 8.27. The Morgan fingerprint density at radius 3 is 2.29 bits per heavy atom. The molecule has 2 unspecified atom stereocenters. The second kappa shape index (κ2) is 14.1. The molecule has 2 saturated carbocycles. The molecule has 3 aliphatic rings. The van der Waals surface area contributed by atoms with Crippen molar-refractivity contribution in [2.24, 2.45) is 17.3 Å². The average Bonchev–Trinajstić information content (AvgIpc) is 3.51. The number of hydrogen-bond acceptors (Lipinski definition) is 9. The number of carbonyl (C=O) groups excluding carboxylic acids is 6. The highest BCUT2D eigenvalue weighted by Gasteiger charge is 2.51. The number of nitrogens with zero attached hydrogens (tertiary/aromatic N) is 1. The quantitative estimate of drug-likeness (QED) is 0.115. The van der Waals surface area contributed by atoms with Gasteiger partial charge in [-0.05, 0) is 49.4 Å². The van der Waals surface area contributed by atoms with Crippen LogP contribution in [0.15, 0.2) is 0 Å². The van der Waals surface area contributed by atoms with E-state index in [9.17, 15) is 28.8 Å². The van der Waals surface area contributed by atoms with E-state index < -0.39 is 65.2 Å². The minimum Gasteiger partial charge on any atom is -0.347 e. The van der Waals surface area contributed by atoms with Crippen molar-refractivity contribution in [3.63, 3.8) is 0 Å². The number of carbonyl (C=O) groups is 6. The smallest absolute Gasteiger partial charge is 0.289 e. The zero-order valence-corrected chi connectivity index (χ0v) is 25.0. The maximum absolute atomic E-state index is 14.0. The molecular formula is C29H45N7O6. The molecule has 0 aromatic rings. The van der Waals surface area contributed by atoms with Crippen molar-refractivity contribution >= 4 is 47.1 Å². The maximum Gasteiger partial charge on any atom is 0.289 e. The molecule has 1 heterocycles. The summed E-state index contributed by atoms with van der Waals surface area (Å²) in [7, 11) is 0. The van der Waals surface area contributed by atoms with Crippen LogP contribution in [0.4, 0.5) is 0 Å². The minimum absolute atomic E-state index is 0.0236. The van der Waals surface area contributed by atoms with Gasteiger partial charge in [0.05, 0.1) is 25.2 Å². The summed E-state index contributed by atoms with van der Waals surface area (Å²) in [6.45, 7) is 7.02. The van der Waals surface area contributed by atoms with Gasteiger partial charge in [0.15, 0.2) is 5.78 Å². The Bertz CT molecular complexity index is 1110. The maximum atomic E-state index is 14.0. The first kappa shape index (κ1) is 33.0. The summed E-state index contributed by atoms with van der Waals surface area (Å²) in [5.74, 6) is -3.24. The van der Waals surface area contributed by atoms with E-state index in [1.807, 2.05) is 6.92 Å². The summed E-state index contributed by atoms with van der Waals surface area (Å²) in [4.78, 5) is 78.9. The third-order valence-corrected chi connectivity index (χ3v) is 8.27. The lowest BCUT2D eigenvalue weighted by molar-refractivity contribution is -0.144.